The van der Waals surface area contributed by atoms with E-state index in [4.69, 9.17) is 0 Å². The molecule has 0 spiro atoms. The van der Waals surface area contributed by atoms with E-state index in [0.717, 1.165) is 0 Å². The van der Waals surface area contributed by atoms with Gasteiger partial charge in [-0.2, -0.15) is 0 Å². The summed E-state index contributed by atoms with van der Waals surface area (Å²) in [4.78, 5) is 0. The molecule has 0 heterocycles. The van der Waals surface area contributed by atoms with Crippen molar-refractivity contribution in [1.82, 2.24) is 0 Å². The second-order valence-corrected chi connectivity index (χ2v) is 19.1. The van der Waals surface area contributed by atoms with Crippen LogP contribution in [0.3, 0.4) is 0 Å². The van der Waals surface area contributed by atoms with Gasteiger partial charge in [-0.3, -0.25) is 0 Å². The van der Waals surface area contributed by atoms with E-state index in [-0.39, 0.29) is 0 Å². The maximum atomic E-state index is 2.66. The summed E-state index contributed by atoms with van der Waals surface area (Å²) in [7, 11) is 0. The summed E-state index contributed by atoms with van der Waals surface area (Å²) in [5, 5.41) is 0. The van der Waals surface area contributed by atoms with Crippen molar-refractivity contribution in [1.29, 1.82) is 0 Å². The van der Waals surface area contributed by atoms with E-state index in [0.29, 0.717) is 0 Å². The monoisotopic (exact) mass is 518 g/mol. The molecule has 0 saturated heterocycles. The maximum absolute atomic E-state index is 3.19. The average Bonchev–Trinajstić information content (AvgIpc) is 2.84. The second-order valence-electron chi connectivity index (χ2n) is 8.57. The van der Waals surface area contributed by atoms with Crippen LogP contribution in [-0.4, -0.2) is 18.4 Å². The van der Waals surface area contributed by atoms with E-state index in [2.05, 4.69) is 108 Å². The third-order valence-corrected chi connectivity index (χ3v) is 19.0. The summed E-state index contributed by atoms with van der Waals surface area (Å²) in [5.74, 6) is 0. The molecule has 31 heavy (non-hydrogen) atoms. The molecule has 0 radical (unpaired) electrons. The van der Waals surface area contributed by atoms with Crippen LogP contribution < -0.4 is 10.7 Å². The van der Waals surface area contributed by atoms with Crippen LogP contribution in [0.4, 0.5) is 0 Å². The van der Waals surface area contributed by atoms with Gasteiger partial charge in [-0.05, 0) is 0 Å². The molecule has 0 bridgehead atoms. The van der Waals surface area contributed by atoms with Crippen molar-refractivity contribution >= 4 is 29.1 Å². The van der Waals surface area contributed by atoms with Gasteiger partial charge in [0.15, 0.2) is 0 Å². The summed E-state index contributed by atoms with van der Waals surface area (Å²) in [6.45, 7) is 2.29. The predicted octanol–water partition coefficient (Wildman–Crippen LogP) is 6.78. The SMILES string of the molecule is CCCCCCCCCC/C=[CH]/[Sn]([c]1ccccc1)([c]1ccccc1)[c]1ccccc1. The Morgan fingerprint density at radius 1 is 0.516 bits per heavy atom. The van der Waals surface area contributed by atoms with E-state index in [1.807, 2.05) is 0 Å². The Labute approximate surface area is 194 Å². The Morgan fingerprint density at radius 3 is 1.32 bits per heavy atom. The minimum absolute atomic E-state index is 1.19. The molecule has 0 atom stereocenters. The first-order valence-electron chi connectivity index (χ1n) is 12.2. The number of allylic oxidation sites excluding steroid dienone is 1. The minimum atomic E-state index is -3.19. The fourth-order valence-corrected chi connectivity index (χ4v) is 16.7. The topological polar surface area (TPSA) is 0 Å². The second kappa shape index (κ2) is 13.6. The van der Waals surface area contributed by atoms with Gasteiger partial charge in [-0.25, -0.2) is 0 Å². The van der Waals surface area contributed by atoms with Crippen molar-refractivity contribution in [3.8, 4) is 0 Å². The molecule has 3 aromatic carbocycles. The molecule has 3 aromatic rings. The van der Waals surface area contributed by atoms with Crippen LogP contribution in [0.1, 0.15) is 64.7 Å². The first-order valence-corrected chi connectivity index (χ1v) is 18.1. The molecule has 0 nitrogen and oxygen atoms in total. The van der Waals surface area contributed by atoms with Crippen LogP contribution in [0.15, 0.2) is 101 Å². The molecule has 3 rings (SSSR count). The third-order valence-electron chi connectivity index (χ3n) is 6.28. The van der Waals surface area contributed by atoms with Gasteiger partial charge in [-0.15, -0.1) is 0 Å². The van der Waals surface area contributed by atoms with Gasteiger partial charge in [0, 0.05) is 0 Å². The summed E-state index contributed by atoms with van der Waals surface area (Å²) in [6.07, 6.45) is 14.7. The Bertz CT molecular complexity index is 771. The average molecular weight is 517 g/mol. The van der Waals surface area contributed by atoms with Crippen LogP contribution in [0.25, 0.3) is 0 Å². The summed E-state index contributed by atoms with van der Waals surface area (Å²) in [5.41, 5.74) is 0. The molecule has 0 fully saturated rings. The van der Waals surface area contributed by atoms with Crippen molar-refractivity contribution in [3.05, 3.63) is 101 Å². The number of hydrogen-bond acceptors (Lipinski definition) is 0. The van der Waals surface area contributed by atoms with Gasteiger partial charge in [0.05, 0.1) is 0 Å². The van der Waals surface area contributed by atoms with Crippen molar-refractivity contribution in [2.45, 2.75) is 64.7 Å². The van der Waals surface area contributed by atoms with Gasteiger partial charge in [-0.1, -0.05) is 0 Å². The summed E-state index contributed by atoms with van der Waals surface area (Å²) in [6, 6.07) is 33.8. The zero-order valence-corrected chi connectivity index (χ0v) is 22.0. The van der Waals surface area contributed by atoms with Crippen LogP contribution in [0.5, 0.6) is 0 Å². The fourth-order valence-electron chi connectivity index (χ4n) is 4.55. The van der Waals surface area contributed by atoms with Crippen LogP contribution in [-0.2, 0) is 0 Å². The zero-order valence-electron chi connectivity index (χ0n) is 19.2. The molecule has 162 valence electrons. The van der Waals surface area contributed by atoms with Crippen LogP contribution in [0, 0.1) is 0 Å². The Morgan fingerprint density at radius 2 is 0.903 bits per heavy atom. The van der Waals surface area contributed by atoms with Gasteiger partial charge in [0.25, 0.3) is 0 Å². The molecule has 0 unspecified atom stereocenters. The van der Waals surface area contributed by atoms with Crippen LogP contribution >= 0.6 is 0 Å². The van der Waals surface area contributed by atoms with Gasteiger partial charge in [0.1, 0.15) is 0 Å². The first-order chi connectivity index (χ1) is 15.4. The number of benzene rings is 3. The predicted molar refractivity (Wildman–Crippen MR) is 140 cm³/mol. The van der Waals surface area contributed by atoms with E-state index >= 15 is 0 Å². The number of hydrogen-bond donors (Lipinski definition) is 0. The zero-order chi connectivity index (χ0) is 21.6. The van der Waals surface area contributed by atoms with Crippen molar-refractivity contribution < 1.29 is 0 Å². The Balaban J connectivity index is 1.78. The van der Waals surface area contributed by atoms with Crippen molar-refractivity contribution in [3.63, 3.8) is 0 Å². The normalized spacial score (nSPS) is 11.8. The molecule has 0 aliphatic carbocycles. The first kappa shape index (κ1) is 23.9. The standard InChI is InChI=1S/C12H23.3C6H5.Sn/c1-3-5-7-9-11-12-10-8-6-4-2;3*1-2-4-6-5-3-1;/h1,3H,4-12H2,2H3;3*1-5H;. The van der Waals surface area contributed by atoms with Crippen molar-refractivity contribution in [2.24, 2.45) is 0 Å². The molecule has 0 saturated carbocycles. The molecule has 0 aliphatic heterocycles. The third kappa shape index (κ3) is 6.84. The van der Waals surface area contributed by atoms with E-state index in [9.17, 15) is 0 Å². The quantitative estimate of drug-likeness (QED) is 0.173. The van der Waals surface area contributed by atoms with Crippen molar-refractivity contribution in [2.75, 3.05) is 0 Å². The van der Waals surface area contributed by atoms with E-state index < -0.39 is 18.4 Å². The molecule has 0 amide bonds. The number of rotatable bonds is 13. The molecule has 1 heteroatoms. The van der Waals surface area contributed by atoms with Gasteiger partial charge in [0.2, 0.25) is 0 Å². The van der Waals surface area contributed by atoms with E-state index in [1.165, 1.54) is 68.5 Å². The van der Waals surface area contributed by atoms with Gasteiger partial charge >= 0.3 is 195 Å². The fraction of sp³-hybridized carbons (Fsp3) is 0.333. The summed E-state index contributed by atoms with van der Waals surface area (Å²) < 4.78 is 7.25. The Kier molecular flexibility index (Phi) is 10.4. The van der Waals surface area contributed by atoms with Crippen LogP contribution in [0.2, 0.25) is 0 Å². The number of unbranched alkanes of at least 4 members (excludes halogenated alkanes) is 8. The van der Waals surface area contributed by atoms with E-state index in [1.54, 1.807) is 0 Å². The molecular weight excluding hydrogens is 479 g/mol. The van der Waals surface area contributed by atoms with Gasteiger partial charge < -0.3 is 0 Å². The molecule has 0 aromatic heterocycles. The molecular formula is C30H38Sn. The molecule has 0 aliphatic rings. The Hall–Kier alpha value is -1.80. The summed E-state index contributed by atoms with van der Waals surface area (Å²) >= 11 is -3.19. The molecule has 0 N–H and O–H groups in total.